The molecule has 1 N–H and O–H groups in total. The standard InChI is InChI=1S/C17H19BrO2/c1-12(2)20-17-10-6-4-8-14(17)16(19)11-13-7-3-5-9-15(13)18/h3-10,12,16,19H,11H2,1-2H3. The molecule has 3 heteroatoms. The third-order valence-electron chi connectivity index (χ3n) is 3.01. The molecular formula is C17H19BrO2. The first kappa shape index (κ1) is 15.1. The van der Waals surface area contributed by atoms with Gasteiger partial charge in [-0.3, -0.25) is 0 Å². The van der Waals surface area contributed by atoms with Crippen molar-refractivity contribution in [3.8, 4) is 5.75 Å². The van der Waals surface area contributed by atoms with E-state index in [1.54, 1.807) is 0 Å². The molecule has 0 spiro atoms. The Labute approximate surface area is 128 Å². The maximum Gasteiger partial charge on any atom is 0.125 e. The number of ether oxygens (including phenoxy) is 1. The number of hydrogen-bond donors (Lipinski definition) is 1. The maximum atomic E-state index is 10.5. The van der Waals surface area contributed by atoms with Gasteiger partial charge in [0.05, 0.1) is 12.2 Å². The average Bonchev–Trinajstić information content (AvgIpc) is 2.41. The Morgan fingerprint density at radius 2 is 1.70 bits per heavy atom. The lowest BCUT2D eigenvalue weighted by Gasteiger charge is -2.18. The topological polar surface area (TPSA) is 29.5 Å². The molecule has 0 amide bonds. The van der Waals surface area contributed by atoms with Crippen molar-refractivity contribution in [2.75, 3.05) is 0 Å². The number of halogens is 1. The fourth-order valence-corrected chi connectivity index (χ4v) is 2.55. The third kappa shape index (κ3) is 3.84. The van der Waals surface area contributed by atoms with Crippen molar-refractivity contribution in [1.29, 1.82) is 0 Å². The smallest absolute Gasteiger partial charge is 0.125 e. The highest BCUT2D eigenvalue weighted by Crippen LogP contribution is 2.30. The zero-order chi connectivity index (χ0) is 14.5. The SMILES string of the molecule is CC(C)Oc1ccccc1C(O)Cc1ccccc1Br. The van der Waals surface area contributed by atoms with E-state index >= 15 is 0 Å². The zero-order valence-corrected chi connectivity index (χ0v) is 13.3. The van der Waals surface area contributed by atoms with Gasteiger partial charge in [-0.15, -0.1) is 0 Å². The van der Waals surface area contributed by atoms with Crippen molar-refractivity contribution >= 4 is 15.9 Å². The molecule has 0 aliphatic carbocycles. The van der Waals surface area contributed by atoms with Gasteiger partial charge < -0.3 is 9.84 Å². The molecule has 0 fully saturated rings. The largest absolute Gasteiger partial charge is 0.491 e. The van der Waals surface area contributed by atoms with Crippen molar-refractivity contribution < 1.29 is 9.84 Å². The summed E-state index contributed by atoms with van der Waals surface area (Å²) in [5.74, 6) is 0.752. The third-order valence-corrected chi connectivity index (χ3v) is 3.79. The lowest BCUT2D eigenvalue weighted by atomic mass is 10.0. The minimum Gasteiger partial charge on any atom is -0.491 e. The molecule has 1 unspecified atom stereocenters. The van der Waals surface area contributed by atoms with Crippen molar-refractivity contribution in [3.05, 3.63) is 64.1 Å². The van der Waals surface area contributed by atoms with Crippen LogP contribution in [0.5, 0.6) is 5.75 Å². The van der Waals surface area contributed by atoms with Crippen LogP contribution in [0.3, 0.4) is 0 Å². The highest BCUT2D eigenvalue weighted by atomic mass is 79.9. The summed E-state index contributed by atoms with van der Waals surface area (Å²) in [6.45, 7) is 3.97. The lowest BCUT2D eigenvalue weighted by molar-refractivity contribution is 0.166. The van der Waals surface area contributed by atoms with Gasteiger partial charge in [0.1, 0.15) is 5.75 Å². The van der Waals surface area contributed by atoms with Gasteiger partial charge in [0.15, 0.2) is 0 Å². The molecule has 0 bridgehead atoms. The maximum absolute atomic E-state index is 10.5. The fourth-order valence-electron chi connectivity index (χ4n) is 2.10. The normalized spacial score (nSPS) is 12.4. The minimum atomic E-state index is -0.580. The molecule has 0 aromatic heterocycles. The van der Waals surface area contributed by atoms with Gasteiger partial charge in [0.25, 0.3) is 0 Å². The van der Waals surface area contributed by atoms with Crippen LogP contribution in [0.2, 0.25) is 0 Å². The Hall–Kier alpha value is -1.32. The zero-order valence-electron chi connectivity index (χ0n) is 11.7. The van der Waals surface area contributed by atoms with E-state index in [9.17, 15) is 5.11 Å². The fraction of sp³-hybridized carbons (Fsp3) is 0.294. The van der Waals surface area contributed by atoms with E-state index in [1.165, 1.54) is 0 Å². The summed E-state index contributed by atoms with van der Waals surface area (Å²) in [5.41, 5.74) is 1.91. The van der Waals surface area contributed by atoms with E-state index in [2.05, 4.69) is 15.9 Å². The molecular weight excluding hydrogens is 316 g/mol. The Kier molecular flexibility index (Phi) is 5.21. The lowest BCUT2D eigenvalue weighted by Crippen LogP contribution is -2.10. The van der Waals surface area contributed by atoms with Crippen molar-refractivity contribution in [2.24, 2.45) is 0 Å². The van der Waals surface area contributed by atoms with Crippen molar-refractivity contribution in [3.63, 3.8) is 0 Å². The molecule has 2 nitrogen and oxygen atoms in total. The van der Waals surface area contributed by atoms with Crippen LogP contribution < -0.4 is 4.74 Å². The Bertz CT molecular complexity index is 566. The monoisotopic (exact) mass is 334 g/mol. The summed E-state index contributed by atoms with van der Waals surface area (Å²) in [7, 11) is 0. The second-order valence-corrected chi connectivity index (χ2v) is 5.87. The number of rotatable bonds is 5. The van der Waals surface area contributed by atoms with Crippen LogP contribution in [0.4, 0.5) is 0 Å². The summed E-state index contributed by atoms with van der Waals surface area (Å²) in [5, 5.41) is 10.5. The van der Waals surface area contributed by atoms with Crippen LogP contribution in [0.1, 0.15) is 31.1 Å². The molecule has 0 heterocycles. The molecule has 2 aromatic rings. The van der Waals surface area contributed by atoms with Crippen LogP contribution in [0.25, 0.3) is 0 Å². The van der Waals surface area contributed by atoms with Gasteiger partial charge in [0, 0.05) is 16.5 Å². The van der Waals surface area contributed by atoms with Crippen LogP contribution in [-0.2, 0) is 6.42 Å². The van der Waals surface area contributed by atoms with Gasteiger partial charge in [0.2, 0.25) is 0 Å². The number of hydrogen-bond acceptors (Lipinski definition) is 2. The quantitative estimate of drug-likeness (QED) is 0.871. The van der Waals surface area contributed by atoms with E-state index in [1.807, 2.05) is 62.4 Å². The number of benzene rings is 2. The number of aliphatic hydroxyl groups is 1. The Morgan fingerprint density at radius 3 is 2.40 bits per heavy atom. The van der Waals surface area contributed by atoms with Crippen LogP contribution in [0, 0.1) is 0 Å². The molecule has 0 aliphatic heterocycles. The molecule has 1 atom stereocenters. The van der Waals surface area contributed by atoms with Crippen LogP contribution >= 0.6 is 15.9 Å². The van der Waals surface area contributed by atoms with Gasteiger partial charge in [-0.2, -0.15) is 0 Å². The number of para-hydroxylation sites is 1. The number of aliphatic hydroxyl groups excluding tert-OH is 1. The van der Waals surface area contributed by atoms with Gasteiger partial charge in [-0.25, -0.2) is 0 Å². The van der Waals surface area contributed by atoms with Gasteiger partial charge in [-0.1, -0.05) is 52.3 Å². The molecule has 0 saturated carbocycles. The highest BCUT2D eigenvalue weighted by molar-refractivity contribution is 9.10. The molecule has 0 saturated heterocycles. The minimum absolute atomic E-state index is 0.0896. The second-order valence-electron chi connectivity index (χ2n) is 5.02. The molecule has 0 radical (unpaired) electrons. The molecule has 106 valence electrons. The summed E-state index contributed by atoms with van der Waals surface area (Å²) >= 11 is 3.51. The van der Waals surface area contributed by atoms with Gasteiger partial charge in [-0.05, 0) is 31.5 Å². The Morgan fingerprint density at radius 1 is 1.05 bits per heavy atom. The predicted molar refractivity (Wildman–Crippen MR) is 85.0 cm³/mol. The highest BCUT2D eigenvalue weighted by Gasteiger charge is 2.15. The first-order valence-electron chi connectivity index (χ1n) is 6.75. The summed E-state index contributed by atoms with van der Waals surface area (Å²) < 4.78 is 6.78. The van der Waals surface area contributed by atoms with Crippen molar-refractivity contribution in [2.45, 2.75) is 32.5 Å². The summed E-state index contributed by atoms with van der Waals surface area (Å²) in [4.78, 5) is 0. The van der Waals surface area contributed by atoms with E-state index < -0.39 is 6.10 Å². The molecule has 2 aromatic carbocycles. The summed E-state index contributed by atoms with van der Waals surface area (Å²) in [6.07, 6.45) is 0.0651. The van der Waals surface area contributed by atoms with E-state index in [-0.39, 0.29) is 6.10 Å². The van der Waals surface area contributed by atoms with E-state index in [4.69, 9.17) is 4.74 Å². The molecule has 20 heavy (non-hydrogen) atoms. The van der Waals surface area contributed by atoms with E-state index in [0.29, 0.717) is 6.42 Å². The second kappa shape index (κ2) is 6.91. The average molecular weight is 335 g/mol. The predicted octanol–water partition coefficient (Wildman–Crippen LogP) is 4.51. The first-order chi connectivity index (χ1) is 9.58. The first-order valence-corrected chi connectivity index (χ1v) is 7.54. The van der Waals surface area contributed by atoms with E-state index in [0.717, 1.165) is 21.3 Å². The Balaban J connectivity index is 2.21. The van der Waals surface area contributed by atoms with Crippen molar-refractivity contribution in [1.82, 2.24) is 0 Å². The molecule has 2 rings (SSSR count). The summed E-state index contributed by atoms with van der Waals surface area (Å²) in [6, 6.07) is 15.6. The van der Waals surface area contributed by atoms with Crippen LogP contribution in [0.15, 0.2) is 53.0 Å². The van der Waals surface area contributed by atoms with Gasteiger partial charge >= 0.3 is 0 Å². The van der Waals surface area contributed by atoms with Crippen LogP contribution in [-0.4, -0.2) is 11.2 Å². The molecule has 0 aliphatic rings.